The lowest BCUT2D eigenvalue weighted by Gasteiger charge is -2.17. The fourth-order valence-electron chi connectivity index (χ4n) is 1.75. The average Bonchev–Trinajstić information content (AvgIpc) is 2.34. The number of amides is 1. The second kappa shape index (κ2) is 6.69. The zero-order valence-electron chi connectivity index (χ0n) is 10.8. The predicted molar refractivity (Wildman–Crippen MR) is 75.3 cm³/mol. The van der Waals surface area contributed by atoms with Crippen LogP contribution in [-0.4, -0.2) is 10.9 Å². The molecule has 7 heteroatoms. The van der Waals surface area contributed by atoms with Gasteiger partial charge in [-0.3, -0.25) is 4.79 Å². The molecule has 0 aliphatic rings. The lowest BCUT2D eigenvalue weighted by atomic mass is 10.0. The molecule has 0 heterocycles. The SMILES string of the molecule is CCCC(C(=O)Nc1ccccc1C(F)(F)F)C(N)=S. The summed E-state index contributed by atoms with van der Waals surface area (Å²) in [5.41, 5.74) is 4.26. The number of hydrogen-bond donors (Lipinski definition) is 2. The molecule has 3 nitrogen and oxygen atoms in total. The van der Waals surface area contributed by atoms with E-state index in [1.165, 1.54) is 18.2 Å². The van der Waals surface area contributed by atoms with Gasteiger partial charge in [-0.1, -0.05) is 37.7 Å². The monoisotopic (exact) mass is 304 g/mol. The molecular formula is C13H15F3N2OS. The summed E-state index contributed by atoms with van der Waals surface area (Å²) in [6.45, 7) is 1.84. The molecule has 0 spiro atoms. The first kappa shape index (κ1) is 16.4. The van der Waals surface area contributed by atoms with E-state index >= 15 is 0 Å². The smallest absolute Gasteiger partial charge is 0.393 e. The Morgan fingerprint density at radius 2 is 2.00 bits per heavy atom. The van der Waals surface area contributed by atoms with E-state index in [0.29, 0.717) is 12.8 Å². The maximum absolute atomic E-state index is 12.8. The summed E-state index contributed by atoms with van der Waals surface area (Å²) in [6.07, 6.45) is -3.49. The van der Waals surface area contributed by atoms with E-state index in [9.17, 15) is 18.0 Å². The van der Waals surface area contributed by atoms with Crippen LogP contribution in [0.25, 0.3) is 0 Å². The molecule has 0 fully saturated rings. The van der Waals surface area contributed by atoms with Gasteiger partial charge >= 0.3 is 6.18 Å². The van der Waals surface area contributed by atoms with Gasteiger partial charge in [0, 0.05) is 0 Å². The van der Waals surface area contributed by atoms with Crippen molar-refractivity contribution < 1.29 is 18.0 Å². The number of nitrogens with one attached hydrogen (secondary N) is 1. The minimum Gasteiger partial charge on any atom is -0.393 e. The Bertz CT molecular complexity index is 503. The summed E-state index contributed by atoms with van der Waals surface area (Å²) in [4.78, 5) is 12.0. The summed E-state index contributed by atoms with van der Waals surface area (Å²) in [5.74, 6) is -1.38. The fourth-order valence-corrected chi connectivity index (χ4v) is 1.98. The van der Waals surface area contributed by atoms with Crippen LogP contribution in [0.4, 0.5) is 18.9 Å². The first-order chi connectivity index (χ1) is 9.27. The molecule has 0 aliphatic carbocycles. The second-order valence-electron chi connectivity index (χ2n) is 4.28. The van der Waals surface area contributed by atoms with E-state index in [-0.39, 0.29) is 10.7 Å². The summed E-state index contributed by atoms with van der Waals surface area (Å²) >= 11 is 4.78. The quantitative estimate of drug-likeness (QED) is 0.820. The number of alkyl halides is 3. The summed E-state index contributed by atoms with van der Waals surface area (Å²) in [5, 5.41) is 2.26. The lowest BCUT2D eigenvalue weighted by molar-refractivity contribution is -0.137. The normalized spacial score (nSPS) is 12.8. The Kier molecular flexibility index (Phi) is 5.50. The first-order valence-corrected chi connectivity index (χ1v) is 6.44. The number of hydrogen-bond acceptors (Lipinski definition) is 2. The molecule has 3 N–H and O–H groups in total. The topological polar surface area (TPSA) is 55.1 Å². The van der Waals surface area contributed by atoms with Crippen LogP contribution < -0.4 is 11.1 Å². The Morgan fingerprint density at radius 1 is 1.40 bits per heavy atom. The molecule has 1 aromatic carbocycles. The summed E-state index contributed by atoms with van der Waals surface area (Å²) < 4.78 is 38.4. The average molecular weight is 304 g/mol. The summed E-state index contributed by atoms with van der Waals surface area (Å²) in [6, 6.07) is 4.78. The van der Waals surface area contributed by atoms with Gasteiger partial charge in [0.25, 0.3) is 0 Å². The van der Waals surface area contributed by atoms with Crippen LogP contribution in [0.2, 0.25) is 0 Å². The number of halogens is 3. The van der Waals surface area contributed by atoms with Crippen molar-refractivity contribution in [1.29, 1.82) is 0 Å². The van der Waals surface area contributed by atoms with Crippen LogP contribution in [0, 0.1) is 5.92 Å². The number of para-hydroxylation sites is 1. The van der Waals surface area contributed by atoms with Gasteiger partial charge in [-0.2, -0.15) is 13.2 Å². The molecule has 20 heavy (non-hydrogen) atoms. The minimum atomic E-state index is -4.53. The highest BCUT2D eigenvalue weighted by Crippen LogP contribution is 2.34. The third-order valence-electron chi connectivity index (χ3n) is 2.73. The van der Waals surface area contributed by atoms with Crippen molar-refractivity contribution in [3.05, 3.63) is 29.8 Å². The molecule has 0 bridgehead atoms. The van der Waals surface area contributed by atoms with Crippen LogP contribution >= 0.6 is 12.2 Å². The molecule has 1 aromatic rings. The van der Waals surface area contributed by atoms with E-state index in [2.05, 4.69) is 5.32 Å². The van der Waals surface area contributed by atoms with Crippen LogP contribution in [0.1, 0.15) is 25.3 Å². The predicted octanol–water partition coefficient (Wildman–Crippen LogP) is 3.35. The van der Waals surface area contributed by atoms with E-state index in [1.54, 1.807) is 0 Å². The van der Waals surface area contributed by atoms with Gasteiger partial charge in [0.2, 0.25) is 5.91 Å². The van der Waals surface area contributed by atoms with Crippen LogP contribution in [0.5, 0.6) is 0 Å². The number of carbonyl (C=O) groups excluding carboxylic acids is 1. The highest BCUT2D eigenvalue weighted by molar-refractivity contribution is 7.80. The molecule has 0 radical (unpaired) electrons. The van der Waals surface area contributed by atoms with Gasteiger partial charge in [-0.15, -0.1) is 0 Å². The number of benzene rings is 1. The van der Waals surface area contributed by atoms with E-state index in [1.807, 2.05) is 6.92 Å². The van der Waals surface area contributed by atoms with Gasteiger partial charge in [0.1, 0.15) is 0 Å². The van der Waals surface area contributed by atoms with Gasteiger partial charge in [-0.25, -0.2) is 0 Å². The number of thiocarbonyl (C=S) groups is 1. The molecule has 1 rings (SSSR count). The van der Waals surface area contributed by atoms with Gasteiger partial charge in [-0.05, 0) is 18.6 Å². The fraction of sp³-hybridized carbons (Fsp3) is 0.385. The van der Waals surface area contributed by atoms with Crippen molar-refractivity contribution in [2.75, 3.05) is 5.32 Å². The third-order valence-corrected chi connectivity index (χ3v) is 3.01. The van der Waals surface area contributed by atoms with E-state index < -0.39 is 23.6 Å². The van der Waals surface area contributed by atoms with Crippen molar-refractivity contribution in [3.63, 3.8) is 0 Å². The first-order valence-electron chi connectivity index (χ1n) is 6.03. The third kappa shape index (κ3) is 4.19. The van der Waals surface area contributed by atoms with Crippen LogP contribution in [0.15, 0.2) is 24.3 Å². The van der Waals surface area contributed by atoms with Crippen molar-refractivity contribution in [2.45, 2.75) is 25.9 Å². The van der Waals surface area contributed by atoms with E-state index in [4.69, 9.17) is 18.0 Å². The Hall–Kier alpha value is -1.63. The van der Waals surface area contributed by atoms with Crippen LogP contribution in [0.3, 0.4) is 0 Å². The Morgan fingerprint density at radius 3 is 2.50 bits per heavy atom. The molecule has 0 saturated carbocycles. The van der Waals surface area contributed by atoms with Gasteiger partial charge in [0.15, 0.2) is 0 Å². The molecule has 1 atom stereocenters. The van der Waals surface area contributed by atoms with Crippen molar-refractivity contribution >= 4 is 28.8 Å². The molecule has 1 amide bonds. The Labute approximate surface area is 120 Å². The second-order valence-corrected chi connectivity index (χ2v) is 4.75. The zero-order chi connectivity index (χ0) is 15.3. The lowest BCUT2D eigenvalue weighted by Crippen LogP contribution is -2.33. The van der Waals surface area contributed by atoms with Gasteiger partial charge < -0.3 is 11.1 Å². The minimum absolute atomic E-state index is 0.0196. The molecular weight excluding hydrogens is 289 g/mol. The van der Waals surface area contributed by atoms with Crippen molar-refractivity contribution in [2.24, 2.45) is 11.7 Å². The maximum atomic E-state index is 12.8. The highest BCUT2D eigenvalue weighted by atomic mass is 32.1. The van der Waals surface area contributed by atoms with Gasteiger partial charge in [0.05, 0.1) is 22.2 Å². The standard InChI is InChI=1S/C13H15F3N2OS/c1-2-5-8(11(17)20)12(19)18-10-7-4-3-6-9(10)13(14,15)16/h3-4,6-8H,2,5H2,1H3,(H2,17,20)(H,18,19). The zero-order valence-corrected chi connectivity index (χ0v) is 11.6. The molecule has 110 valence electrons. The summed E-state index contributed by atoms with van der Waals surface area (Å²) in [7, 11) is 0. The van der Waals surface area contributed by atoms with E-state index in [0.717, 1.165) is 6.07 Å². The number of carbonyl (C=O) groups is 1. The van der Waals surface area contributed by atoms with Crippen molar-refractivity contribution in [3.8, 4) is 0 Å². The largest absolute Gasteiger partial charge is 0.418 e. The number of anilines is 1. The molecule has 0 aliphatic heterocycles. The maximum Gasteiger partial charge on any atom is 0.418 e. The number of nitrogens with two attached hydrogens (primary N) is 1. The molecule has 1 unspecified atom stereocenters. The highest BCUT2D eigenvalue weighted by Gasteiger charge is 2.34. The molecule has 0 aromatic heterocycles. The Balaban J connectivity index is 2.98. The van der Waals surface area contributed by atoms with Crippen molar-refractivity contribution in [1.82, 2.24) is 0 Å². The molecule has 0 saturated heterocycles. The van der Waals surface area contributed by atoms with Crippen LogP contribution in [-0.2, 0) is 11.0 Å². The number of rotatable bonds is 5.